The van der Waals surface area contributed by atoms with Gasteiger partial charge in [0.25, 0.3) is 5.91 Å². The predicted molar refractivity (Wildman–Crippen MR) is 76.0 cm³/mol. The van der Waals surface area contributed by atoms with Crippen molar-refractivity contribution >= 4 is 35.3 Å². The molecular weight excluding hydrogens is 280 g/mol. The lowest BCUT2D eigenvalue weighted by Crippen LogP contribution is -2.22. The van der Waals surface area contributed by atoms with Gasteiger partial charge in [0.15, 0.2) is 11.2 Å². The van der Waals surface area contributed by atoms with Crippen LogP contribution in [0.1, 0.15) is 12.5 Å². The van der Waals surface area contributed by atoms with Crippen LogP contribution in [0, 0.1) is 0 Å². The quantitative estimate of drug-likeness (QED) is 0.564. The molecule has 7 heteroatoms. The van der Waals surface area contributed by atoms with Crippen LogP contribution in [0.15, 0.2) is 30.0 Å². The summed E-state index contributed by atoms with van der Waals surface area (Å²) in [6, 6.07) is 6.70. The zero-order valence-electron chi connectivity index (χ0n) is 10.5. The number of ether oxygens (including phenoxy) is 1. The second-order valence-electron chi connectivity index (χ2n) is 4.13. The third-order valence-corrected chi connectivity index (χ3v) is 2.78. The van der Waals surface area contributed by atoms with Crippen LogP contribution in [0.5, 0.6) is 5.75 Å². The van der Waals surface area contributed by atoms with Gasteiger partial charge in [0.1, 0.15) is 11.4 Å². The summed E-state index contributed by atoms with van der Waals surface area (Å²) < 4.78 is 5.20. The lowest BCUT2D eigenvalue weighted by Gasteiger charge is -2.10. The number of aliphatic carboxylic acids is 1. The van der Waals surface area contributed by atoms with Crippen molar-refractivity contribution in [3.63, 3.8) is 0 Å². The molecule has 0 unspecified atom stereocenters. The zero-order valence-corrected chi connectivity index (χ0v) is 11.4. The summed E-state index contributed by atoms with van der Waals surface area (Å²) in [6.07, 6.45) is 0.720. The van der Waals surface area contributed by atoms with Crippen molar-refractivity contribution in [3.8, 4) is 5.75 Å². The van der Waals surface area contributed by atoms with E-state index in [4.69, 9.17) is 22.1 Å². The summed E-state index contributed by atoms with van der Waals surface area (Å²) >= 11 is 4.82. The third kappa shape index (κ3) is 3.33. The molecule has 0 radical (unpaired) electrons. The minimum absolute atomic E-state index is 0.275. The Kier molecular flexibility index (Phi) is 3.99. The molecule has 1 aromatic rings. The van der Waals surface area contributed by atoms with E-state index in [1.54, 1.807) is 30.3 Å². The first-order chi connectivity index (χ1) is 9.45. The fraction of sp³-hybridized carbons (Fsp3) is 0.154. The number of carbonyl (C=O) groups is 2. The minimum atomic E-state index is -1.03. The van der Waals surface area contributed by atoms with E-state index in [9.17, 15) is 9.59 Å². The Labute approximate surface area is 120 Å². The van der Waals surface area contributed by atoms with Crippen LogP contribution in [-0.2, 0) is 9.59 Å². The maximum absolute atomic E-state index is 11.5. The normalized spacial score (nSPS) is 17.6. The molecule has 0 aromatic heterocycles. The number of carbonyl (C=O) groups excluding carboxylic acids is 1. The summed E-state index contributed by atoms with van der Waals surface area (Å²) in [7, 11) is 0. The van der Waals surface area contributed by atoms with Gasteiger partial charge in [-0.3, -0.25) is 10.1 Å². The molecule has 1 heterocycles. The van der Waals surface area contributed by atoms with Gasteiger partial charge < -0.3 is 15.2 Å². The van der Waals surface area contributed by atoms with Crippen LogP contribution in [0.25, 0.3) is 6.08 Å². The second kappa shape index (κ2) is 5.70. The highest BCUT2D eigenvalue weighted by Gasteiger charge is 2.19. The van der Waals surface area contributed by atoms with E-state index in [1.165, 1.54) is 6.92 Å². The van der Waals surface area contributed by atoms with Gasteiger partial charge in [0, 0.05) is 0 Å². The van der Waals surface area contributed by atoms with Gasteiger partial charge in [-0.1, -0.05) is 12.1 Å². The van der Waals surface area contributed by atoms with E-state index in [2.05, 4.69) is 10.6 Å². The number of thiocarbonyl (C=S) groups is 1. The molecule has 0 saturated carbocycles. The summed E-state index contributed by atoms with van der Waals surface area (Å²) in [5, 5.41) is 14.2. The molecule has 3 N–H and O–H groups in total. The SMILES string of the molecule is C[C@H](Oc1ccc(/C=C2\NC(=S)NC2=O)cc1)C(=O)O. The Morgan fingerprint density at radius 2 is 2.00 bits per heavy atom. The molecular formula is C13H12N2O4S. The van der Waals surface area contributed by atoms with Crippen LogP contribution >= 0.6 is 12.2 Å². The number of nitrogens with one attached hydrogen (secondary N) is 2. The molecule has 1 aliphatic rings. The fourth-order valence-electron chi connectivity index (χ4n) is 1.55. The van der Waals surface area contributed by atoms with Crippen LogP contribution in [-0.4, -0.2) is 28.2 Å². The summed E-state index contributed by atoms with van der Waals surface area (Å²) in [5.41, 5.74) is 1.13. The standard InChI is InChI=1S/C13H12N2O4S/c1-7(12(17)18)19-9-4-2-8(3-5-9)6-10-11(16)15-13(20)14-10/h2-7H,1H3,(H,17,18)(H2,14,15,16,20)/b10-6-/t7-/m0/s1. The number of hydrogen-bond donors (Lipinski definition) is 3. The molecule has 0 bridgehead atoms. The highest BCUT2D eigenvalue weighted by molar-refractivity contribution is 7.80. The van der Waals surface area contributed by atoms with Crippen molar-refractivity contribution in [2.75, 3.05) is 0 Å². The topological polar surface area (TPSA) is 87.7 Å². The van der Waals surface area contributed by atoms with E-state index < -0.39 is 12.1 Å². The monoisotopic (exact) mass is 292 g/mol. The summed E-state index contributed by atoms with van der Waals surface area (Å²) in [6.45, 7) is 1.45. The minimum Gasteiger partial charge on any atom is -0.479 e. The van der Waals surface area contributed by atoms with Crippen molar-refractivity contribution in [1.82, 2.24) is 10.6 Å². The summed E-state index contributed by atoms with van der Waals surface area (Å²) in [4.78, 5) is 22.1. The Bertz CT molecular complexity index is 595. The number of carboxylic acids is 1. The van der Waals surface area contributed by atoms with Gasteiger partial charge in [-0.25, -0.2) is 4.79 Å². The molecule has 1 atom stereocenters. The average molecular weight is 292 g/mol. The first-order valence-corrected chi connectivity index (χ1v) is 6.20. The van der Waals surface area contributed by atoms with Crippen LogP contribution in [0.2, 0.25) is 0 Å². The number of amides is 1. The molecule has 1 amide bonds. The van der Waals surface area contributed by atoms with Gasteiger partial charge in [-0.15, -0.1) is 0 Å². The van der Waals surface area contributed by atoms with E-state index in [0.29, 0.717) is 11.4 Å². The third-order valence-electron chi connectivity index (χ3n) is 2.57. The number of benzene rings is 1. The van der Waals surface area contributed by atoms with Crippen molar-refractivity contribution in [2.45, 2.75) is 13.0 Å². The summed E-state index contributed by atoms with van der Waals surface area (Å²) in [5.74, 6) is -0.868. The molecule has 1 aliphatic heterocycles. The fourth-order valence-corrected chi connectivity index (χ4v) is 1.75. The van der Waals surface area contributed by atoms with Crippen molar-refractivity contribution in [1.29, 1.82) is 0 Å². The van der Waals surface area contributed by atoms with E-state index in [0.717, 1.165) is 5.56 Å². The Hall–Kier alpha value is -2.41. The maximum Gasteiger partial charge on any atom is 0.344 e. The molecule has 0 aliphatic carbocycles. The molecule has 104 valence electrons. The molecule has 1 saturated heterocycles. The Morgan fingerprint density at radius 3 is 2.50 bits per heavy atom. The van der Waals surface area contributed by atoms with Gasteiger partial charge in [0.05, 0.1) is 0 Å². The lowest BCUT2D eigenvalue weighted by atomic mass is 10.2. The highest BCUT2D eigenvalue weighted by atomic mass is 32.1. The second-order valence-corrected chi connectivity index (χ2v) is 4.54. The van der Waals surface area contributed by atoms with Crippen molar-refractivity contribution < 1.29 is 19.4 Å². The van der Waals surface area contributed by atoms with E-state index in [-0.39, 0.29) is 11.0 Å². The molecule has 0 spiro atoms. The molecule has 1 aromatic carbocycles. The Balaban J connectivity index is 2.09. The van der Waals surface area contributed by atoms with Gasteiger partial charge >= 0.3 is 5.97 Å². The van der Waals surface area contributed by atoms with E-state index in [1.807, 2.05) is 0 Å². The number of carboxylic acid groups (broad SMARTS) is 1. The van der Waals surface area contributed by atoms with Crippen molar-refractivity contribution in [2.24, 2.45) is 0 Å². The lowest BCUT2D eigenvalue weighted by molar-refractivity contribution is -0.144. The van der Waals surface area contributed by atoms with Gasteiger partial charge in [-0.05, 0) is 42.9 Å². The maximum atomic E-state index is 11.5. The van der Waals surface area contributed by atoms with Crippen LogP contribution in [0.3, 0.4) is 0 Å². The number of rotatable bonds is 4. The number of hydrogen-bond acceptors (Lipinski definition) is 4. The van der Waals surface area contributed by atoms with E-state index >= 15 is 0 Å². The Morgan fingerprint density at radius 1 is 1.35 bits per heavy atom. The first kappa shape index (κ1) is 14.0. The van der Waals surface area contributed by atoms with Crippen molar-refractivity contribution in [3.05, 3.63) is 35.5 Å². The van der Waals surface area contributed by atoms with Crippen LogP contribution < -0.4 is 15.4 Å². The highest BCUT2D eigenvalue weighted by Crippen LogP contribution is 2.16. The molecule has 20 heavy (non-hydrogen) atoms. The zero-order chi connectivity index (χ0) is 14.7. The first-order valence-electron chi connectivity index (χ1n) is 5.79. The van der Waals surface area contributed by atoms with Crippen LogP contribution in [0.4, 0.5) is 0 Å². The smallest absolute Gasteiger partial charge is 0.344 e. The molecule has 2 rings (SSSR count). The largest absolute Gasteiger partial charge is 0.479 e. The average Bonchev–Trinajstić information content (AvgIpc) is 2.70. The van der Waals surface area contributed by atoms with Gasteiger partial charge in [-0.2, -0.15) is 0 Å². The molecule has 6 nitrogen and oxygen atoms in total. The predicted octanol–water partition coefficient (Wildman–Crippen LogP) is 0.884. The van der Waals surface area contributed by atoms with Gasteiger partial charge in [0.2, 0.25) is 0 Å². The molecule has 1 fully saturated rings.